The van der Waals surface area contributed by atoms with Crippen molar-refractivity contribution in [3.05, 3.63) is 29.8 Å². The molecule has 6 nitrogen and oxygen atoms in total. The molecule has 0 spiro atoms. The molecule has 0 bridgehead atoms. The smallest absolute Gasteiger partial charge is 0.321 e. The molecule has 1 fully saturated rings. The van der Waals surface area contributed by atoms with Crippen LogP contribution < -0.4 is 5.32 Å². The van der Waals surface area contributed by atoms with Gasteiger partial charge in [0.2, 0.25) is 0 Å². The van der Waals surface area contributed by atoms with Crippen molar-refractivity contribution >= 4 is 23.5 Å². The van der Waals surface area contributed by atoms with E-state index in [4.69, 9.17) is 5.11 Å². The second-order valence-corrected chi connectivity index (χ2v) is 4.51. The van der Waals surface area contributed by atoms with E-state index < -0.39 is 11.9 Å². The molecule has 0 aliphatic carbocycles. The predicted octanol–water partition coefficient (Wildman–Crippen LogP) is 1.44. The Morgan fingerprint density at radius 2 is 2.00 bits per heavy atom. The van der Waals surface area contributed by atoms with Crippen LogP contribution >= 0.6 is 0 Å². The highest BCUT2D eigenvalue weighted by Gasteiger charge is 2.35. The number of hydrogen-bond donors (Lipinski definition) is 2. The molecule has 1 heterocycles. The Balaban J connectivity index is 1.95. The highest BCUT2D eigenvalue weighted by atomic mass is 16.4. The number of likely N-dealkylation sites (tertiary alicyclic amines) is 1. The van der Waals surface area contributed by atoms with Gasteiger partial charge in [0.05, 0.1) is 5.92 Å². The van der Waals surface area contributed by atoms with Gasteiger partial charge in [0.1, 0.15) is 0 Å². The first kappa shape index (κ1) is 13.1. The molecular formula is C13H14N2O4. The minimum absolute atomic E-state index is 0.0778. The van der Waals surface area contributed by atoms with Crippen molar-refractivity contribution in [1.29, 1.82) is 0 Å². The molecule has 0 radical (unpaired) electrons. The van der Waals surface area contributed by atoms with Gasteiger partial charge in [-0.1, -0.05) is 12.1 Å². The topological polar surface area (TPSA) is 86.7 Å². The largest absolute Gasteiger partial charge is 0.481 e. The van der Waals surface area contributed by atoms with E-state index in [2.05, 4.69) is 5.32 Å². The van der Waals surface area contributed by atoms with Gasteiger partial charge in [0, 0.05) is 24.3 Å². The van der Waals surface area contributed by atoms with Gasteiger partial charge in [-0.3, -0.25) is 9.59 Å². The van der Waals surface area contributed by atoms with Crippen LogP contribution in [0.4, 0.5) is 10.5 Å². The number of rotatable bonds is 3. The van der Waals surface area contributed by atoms with E-state index in [1.54, 1.807) is 24.3 Å². The van der Waals surface area contributed by atoms with Gasteiger partial charge in [-0.05, 0) is 19.1 Å². The first-order valence-corrected chi connectivity index (χ1v) is 5.87. The van der Waals surface area contributed by atoms with Crippen molar-refractivity contribution in [2.45, 2.75) is 6.92 Å². The molecule has 0 atom stereocenters. The molecule has 2 amide bonds. The van der Waals surface area contributed by atoms with Crippen molar-refractivity contribution in [2.24, 2.45) is 5.92 Å². The lowest BCUT2D eigenvalue weighted by atomic mass is 10.0. The van der Waals surface area contributed by atoms with Gasteiger partial charge >= 0.3 is 12.0 Å². The van der Waals surface area contributed by atoms with E-state index in [0.717, 1.165) is 0 Å². The van der Waals surface area contributed by atoms with Crippen molar-refractivity contribution in [2.75, 3.05) is 18.4 Å². The zero-order valence-corrected chi connectivity index (χ0v) is 10.4. The number of carbonyl (C=O) groups is 3. The van der Waals surface area contributed by atoms with Crippen LogP contribution in [0.15, 0.2) is 24.3 Å². The molecule has 19 heavy (non-hydrogen) atoms. The lowest BCUT2D eigenvalue weighted by Gasteiger charge is -2.36. The summed E-state index contributed by atoms with van der Waals surface area (Å²) in [5, 5.41) is 11.4. The molecule has 1 saturated heterocycles. The lowest BCUT2D eigenvalue weighted by molar-refractivity contribution is -0.145. The maximum atomic E-state index is 11.8. The molecule has 1 aliphatic heterocycles. The molecule has 0 unspecified atom stereocenters. The zero-order chi connectivity index (χ0) is 14.0. The first-order valence-electron chi connectivity index (χ1n) is 5.87. The SMILES string of the molecule is CC(=O)c1cccc(NC(=O)N2CC(C(=O)O)C2)c1. The van der Waals surface area contributed by atoms with Gasteiger partial charge in [-0.15, -0.1) is 0 Å². The third-order valence-corrected chi connectivity index (χ3v) is 3.04. The average Bonchev–Trinajstić information content (AvgIpc) is 2.26. The van der Waals surface area contributed by atoms with Crippen LogP contribution in [-0.2, 0) is 4.79 Å². The summed E-state index contributed by atoms with van der Waals surface area (Å²) in [4.78, 5) is 35.0. The van der Waals surface area contributed by atoms with E-state index in [9.17, 15) is 14.4 Å². The van der Waals surface area contributed by atoms with Crippen molar-refractivity contribution < 1.29 is 19.5 Å². The van der Waals surface area contributed by atoms with Crippen LogP contribution in [0.5, 0.6) is 0 Å². The Hall–Kier alpha value is -2.37. The van der Waals surface area contributed by atoms with E-state index in [1.807, 2.05) is 0 Å². The predicted molar refractivity (Wildman–Crippen MR) is 68.2 cm³/mol. The van der Waals surface area contributed by atoms with Gasteiger partial charge < -0.3 is 15.3 Å². The molecular weight excluding hydrogens is 248 g/mol. The number of carboxylic acids is 1. The third-order valence-electron chi connectivity index (χ3n) is 3.04. The molecule has 0 saturated carbocycles. The summed E-state index contributed by atoms with van der Waals surface area (Å²) in [6.07, 6.45) is 0. The fraction of sp³-hybridized carbons (Fsp3) is 0.308. The van der Waals surface area contributed by atoms with Gasteiger partial charge in [0.25, 0.3) is 0 Å². The van der Waals surface area contributed by atoms with E-state index in [0.29, 0.717) is 11.3 Å². The second-order valence-electron chi connectivity index (χ2n) is 4.51. The summed E-state index contributed by atoms with van der Waals surface area (Å²) >= 11 is 0. The molecule has 2 rings (SSSR count). The second kappa shape index (κ2) is 5.09. The Morgan fingerprint density at radius 1 is 1.32 bits per heavy atom. The number of benzene rings is 1. The van der Waals surface area contributed by atoms with Gasteiger partial charge in [-0.25, -0.2) is 4.79 Å². The maximum absolute atomic E-state index is 11.8. The molecule has 1 aromatic carbocycles. The fourth-order valence-electron chi connectivity index (χ4n) is 1.82. The van der Waals surface area contributed by atoms with Crippen molar-refractivity contribution in [3.63, 3.8) is 0 Å². The molecule has 100 valence electrons. The van der Waals surface area contributed by atoms with Crippen LogP contribution in [-0.4, -0.2) is 40.9 Å². The number of anilines is 1. The molecule has 1 aliphatic rings. The highest BCUT2D eigenvalue weighted by molar-refractivity contribution is 5.97. The summed E-state index contributed by atoms with van der Waals surface area (Å²) in [6, 6.07) is 6.27. The maximum Gasteiger partial charge on any atom is 0.321 e. The number of amides is 2. The number of hydrogen-bond acceptors (Lipinski definition) is 3. The number of carboxylic acid groups (broad SMARTS) is 1. The van der Waals surface area contributed by atoms with Crippen LogP contribution in [0.25, 0.3) is 0 Å². The number of carbonyl (C=O) groups excluding carboxylic acids is 2. The number of nitrogens with one attached hydrogen (secondary N) is 1. The standard InChI is InChI=1S/C13H14N2O4/c1-8(16)9-3-2-4-11(5-9)14-13(19)15-6-10(7-15)12(17)18/h2-5,10H,6-7H2,1H3,(H,14,19)(H,17,18). The Labute approximate surface area is 110 Å². The Morgan fingerprint density at radius 3 is 2.58 bits per heavy atom. The van der Waals surface area contributed by atoms with Crippen LogP contribution in [0.1, 0.15) is 17.3 Å². The fourth-order valence-corrected chi connectivity index (χ4v) is 1.82. The third kappa shape index (κ3) is 2.90. The Bertz CT molecular complexity index is 535. The number of aliphatic carboxylic acids is 1. The highest BCUT2D eigenvalue weighted by Crippen LogP contribution is 2.18. The summed E-state index contributed by atoms with van der Waals surface area (Å²) in [5.74, 6) is -1.44. The van der Waals surface area contributed by atoms with Gasteiger partial charge in [0.15, 0.2) is 5.78 Å². The molecule has 0 aromatic heterocycles. The average molecular weight is 262 g/mol. The summed E-state index contributed by atoms with van der Waals surface area (Å²) in [7, 11) is 0. The number of urea groups is 1. The van der Waals surface area contributed by atoms with Gasteiger partial charge in [-0.2, -0.15) is 0 Å². The molecule has 1 aromatic rings. The number of nitrogens with zero attached hydrogens (tertiary/aromatic N) is 1. The van der Waals surface area contributed by atoms with Crippen LogP contribution in [0.3, 0.4) is 0 Å². The van der Waals surface area contributed by atoms with Crippen LogP contribution in [0, 0.1) is 5.92 Å². The quantitative estimate of drug-likeness (QED) is 0.807. The van der Waals surface area contributed by atoms with Crippen molar-refractivity contribution in [3.8, 4) is 0 Å². The van der Waals surface area contributed by atoms with Crippen LogP contribution in [0.2, 0.25) is 0 Å². The summed E-state index contributed by atoms with van der Waals surface area (Å²) in [5.41, 5.74) is 1.04. The normalized spacial score (nSPS) is 14.7. The lowest BCUT2D eigenvalue weighted by Crippen LogP contribution is -2.54. The zero-order valence-electron chi connectivity index (χ0n) is 10.4. The molecule has 6 heteroatoms. The minimum Gasteiger partial charge on any atom is -0.481 e. The Kier molecular flexibility index (Phi) is 3.50. The van der Waals surface area contributed by atoms with E-state index >= 15 is 0 Å². The summed E-state index contributed by atoms with van der Waals surface area (Å²) in [6.45, 7) is 1.88. The van der Waals surface area contributed by atoms with E-state index in [1.165, 1.54) is 11.8 Å². The number of Topliss-reactive ketones (excluding diaryl/α,β-unsaturated/α-hetero) is 1. The van der Waals surface area contributed by atoms with E-state index in [-0.39, 0.29) is 24.9 Å². The monoisotopic (exact) mass is 262 g/mol. The first-order chi connectivity index (χ1) is 8.97. The molecule has 2 N–H and O–H groups in total. The summed E-state index contributed by atoms with van der Waals surface area (Å²) < 4.78 is 0. The minimum atomic E-state index is -0.886. The number of ketones is 1. The van der Waals surface area contributed by atoms with Crippen molar-refractivity contribution in [1.82, 2.24) is 4.90 Å².